The van der Waals surface area contributed by atoms with Crippen molar-refractivity contribution in [3.63, 3.8) is 0 Å². The Kier molecular flexibility index (Phi) is 4.98. The average molecular weight is 372 g/mol. The lowest BCUT2D eigenvalue weighted by atomic mass is 10.0. The molecule has 2 amide bonds. The van der Waals surface area contributed by atoms with Gasteiger partial charge in [0.2, 0.25) is 18.6 Å². The normalized spacial score (nSPS) is 22.3. The second-order valence-electron chi connectivity index (χ2n) is 8.25. The van der Waals surface area contributed by atoms with Gasteiger partial charge in [0.05, 0.1) is 12.5 Å². The molecule has 1 atom stereocenters. The van der Waals surface area contributed by atoms with Gasteiger partial charge >= 0.3 is 0 Å². The summed E-state index contributed by atoms with van der Waals surface area (Å²) in [5.41, 5.74) is 0.913. The number of ether oxygens (including phenoxy) is 2. The van der Waals surface area contributed by atoms with Crippen molar-refractivity contribution in [1.29, 1.82) is 0 Å². The van der Waals surface area contributed by atoms with Gasteiger partial charge in [0, 0.05) is 26.1 Å². The molecule has 1 aromatic carbocycles. The molecule has 2 aliphatic heterocycles. The number of amides is 2. The fourth-order valence-electron chi connectivity index (χ4n) is 3.93. The highest BCUT2D eigenvalue weighted by Gasteiger charge is 2.36. The summed E-state index contributed by atoms with van der Waals surface area (Å²) >= 11 is 0. The van der Waals surface area contributed by atoms with Gasteiger partial charge in [-0.1, -0.05) is 19.9 Å². The molecule has 4 rings (SSSR count). The Morgan fingerprint density at radius 2 is 2.00 bits per heavy atom. The van der Waals surface area contributed by atoms with Gasteiger partial charge in [-0.15, -0.1) is 0 Å². The van der Waals surface area contributed by atoms with Gasteiger partial charge < -0.3 is 19.3 Å². The summed E-state index contributed by atoms with van der Waals surface area (Å²) in [6.07, 6.45) is 3.18. The van der Waals surface area contributed by atoms with Gasteiger partial charge in [0.1, 0.15) is 0 Å². The van der Waals surface area contributed by atoms with Crippen LogP contribution in [0.15, 0.2) is 18.2 Å². The van der Waals surface area contributed by atoms with E-state index in [0.717, 1.165) is 17.9 Å². The van der Waals surface area contributed by atoms with E-state index in [1.54, 1.807) is 0 Å². The minimum Gasteiger partial charge on any atom is -0.454 e. The first-order valence-corrected chi connectivity index (χ1v) is 9.97. The molecule has 3 aliphatic rings. The molecule has 27 heavy (non-hydrogen) atoms. The van der Waals surface area contributed by atoms with Crippen LogP contribution in [0.1, 0.15) is 38.7 Å². The summed E-state index contributed by atoms with van der Waals surface area (Å²) in [4.78, 5) is 29.6. The third-order valence-electron chi connectivity index (χ3n) is 5.79. The van der Waals surface area contributed by atoms with E-state index in [1.807, 2.05) is 23.1 Å². The predicted octanol–water partition coefficient (Wildman–Crippen LogP) is 2.45. The summed E-state index contributed by atoms with van der Waals surface area (Å²) in [7, 11) is 0. The number of hydrogen-bond acceptors (Lipinski definition) is 4. The highest BCUT2D eigenvalue weighted by molar-refractivity contribution is 5.82. The van der Waals surface area contributed by atoms with E-state index in [0.29, 0.717) is 43.5 Å². The van der Waals surface area contributed by atoms with Crippen molar-refractivity contribution in [2.45, 2.75) is 45.6 Å². The number of hydrogen-bond donors (Lipinski definition) is 0. The fourth-order valence-corrected chi connectivity index (χ4v) is 3.93. The zero-order chi connectivity index (χ0) is 19.0. The number of benzene rings is 1. The molecule has 0 N–H and O–H groups in total. The topological polar surface area (TPSA) is 59.1 Å². The SMILES string of the molecule is CC(C)[C@@H]1CN(C(=O)Cc2ccc3c(c2)OCO3)CCC(=O)N1CC1CC1. The van der Waals surface area contributed by atoms with E-state index >= 15 is 0 Å². The van der Waals surface area contributed by atoms with Gasteiger partial charge in [-0.2, -0.15) is 0 Å². The van der Waals surface area contributed by atoms with Crippen LogP contribution in [-0.2, 0) is 16.0 Å². The molecule has 146 valence electrons. The molecule has 0 spiro atoms. The van der Waals surface area contributed by atoms with Crippen LogP contribution < -0.4 is 9.47 Å². The Morgan fingerprint density at radius 1 is 1.22 bits per heavy atom. The van der Waals surface area contributed by atoms with Crippen LogP contribution in [0.2, 0.25) is 0 Å². The van der Waals surface area contributed by atoms with E-state index in [2.05, 4.69) is 18.7 Å². The molecule has 1 saturated carbocycles. The molecule has 0 aromatic heterocycles. The third kappa shape index (κ3) is 4.04. The lowest BCUT2D eigenvalue weighted by Gasteiger charge is -2.34. The second kappa shape index (κ2) is 7.41. The Hall–Kier alpha value is -2.24. The standard InChI is InChI=1S/C21H28N2O4/c1-14(2)17-12-22(8-7-20(24)23(17)11-15-3-4-15)21(25)10-16-5-6-18-19(9-16)27-13-26-18/h5-6,9,14-15,17H,3-4,7-8,10-13H2,1-2H3/t17-/m0/s1. The lowest BCUT2D eigenvalue weighted by Crippen LogP contribution is -2.48. The van der Waals surface area contributed by atoms with E-state index in [4.69, 9.17) is 9.47 Å². The Bertz CT molecular complexity index is 729. The van der Waals surface area contributed by atoms with Crippen LogP contribution in [-0.4, -0.2) is 54.1 Å². The predicted molar refractivity (Wildman–Crippen MR) is 101 cm³/mol. The largest absolute Gasteiger partial charge is 0.454 e. The zero-order valence-electron chi connectivity index (χ0n) is 16.1. The van der Waals surface area contributed by atoms with E-state index in [1.165, 1.54) is 12.8 Å². The molecule has 1 aliphatic carbocycles. The van der Waals surface area contributed by atoms with Gasteiger partial charge in [-0.3, -0.25) is 9.59 Å². The van der Waals surface area contributed by atoms with Crippen LogP contribution in [0, 0.1) is 11.8 Å². The van der Waals surface area contributed by atoms with Crippen molar-refractivity contribution in [2.75, 3.05) is 26.4 Å². The van der Waals surface area contributed by atoms with Crippen LogP contribution in [0.25, 0.3) is 0 Å². The molecule has 1 saturated heterocycles. The van der Waals surface area contributed by atoms with Crippen LogP contribution in [0.5, 0.6) is 11.5 Å². The maximum absolute atomic E-state index is 13.0. The van der Waals surface area contributed by atoms with Crippen LogP contribution in [0.3, 0.4) is 0 Å². The average Bonchev–Trinajstić information content (AvgIpc) is 3.37. The van der Waals surface area contributed by atoms with Crippen molar-refractivity contribution in [1.82, 2.24) is 9.80 Å². The van der Waals surface area contributed by atoms with Crippen LogP contribution >= 0.6 is 0 Å². The van der Waals surface area contributed by atoms with Crippen molar-refractivity contribution in [3.8, 4) is 11.5 Å². The molecule has 0 unspecified atom stereocenters. The number of carbonyl (C=O) groups excluding carboxylic acids is 2. The molecule has 6 heteroatoms. The molecule has 6 nitrogen and oxygen atoms in total. The number of nitrogens with zero attached hydrogens (tertiary/aromatic N) is 2. The second-order valence-corrected chi connectivity index (χ2v) is 8.25. The third-order valence-corrected chi connectivity index (χ3v) is 5.79. The van der Waals surface area contributed by atoms with Gasteiger partial charge in [-0.25, -0.2) is 0 Å². The molecule has 1 aromatic rings. The summed E-state index contributed by atoms with van der Waals surface area (Å²) in [5.74, 6) is 2.67. The monoisotopic (exact) mass is 372 g/mol. The number of carbonyl (C=O) groups is 2. The van der Waals surface area contributed by atoms with Gasteiger partial charge in [0.15, 0.2) is 11.5 Å². The van der Waals surface area contributed by atoms with Gasteiger partial charge in [0.25, 0.3) is 0 Å². The maximum Gasteiger partial charge on any atom is 0.231 e. The zero-order valence-corrected chi connectivity index (χ0v) is 16.1. The summed E-state index contributed by atoms with van der Waals surface area (Å²) in [5, 5.41) is 0. The van der Waals surface area contributed by atoms with E-state index in [-0.39, 0.29) is 24.6 Å². The van der Waals surface area contributed by atoms with Crippen molar-refractivity contribution >= 4 is 11.8 Å². The molecular formula is C21H28N2O4. The maximum atomic E-state index is 13.0. The van der Waals surface area contributed by atoms with Crippen molar-refractivity contribution in [3.05, 3.63) is 23.8 Å². The van der Waals surface area contributed by atoms with Crippen LogP contribution in [0.4, 0.5) is 0 Å². The minimum absolute atomic E-state index is 0.0700. The Labute approximate surface area is 160 Å². The molecular weight excluding hydrogens is 344 g/mol. The van der Waals surface area contributed by atoms with Crippen molar-refractivity contribution in [2.24, 2.45) is 11.8 Å². The van der Waals surface area contributed by atoms with Crippen molar-refractivity contribution < 1.29 is 19.1 Å². The van der Waals surface area contributed by atoms with E-state index < -0.39 is 0 Å². The molecule has 2 fully saturated rings. The minimum atomic E-state index is 0.0700. The lowest BCUT2D eigenvalue weighted by molar-refractivity contribution is -0.134. The molecule has 2 heterocycles. The summed E-state index contributed by atoms with van der Waals surface area (Å²) in [6, 6.07) is 5.74. The fraction of sp³-hybridized carbons (Fsp3) is 0.619. The first kappa shape index (κ1) is 18.1. The number of rotatable bonds is 5. The van der Waals surface area contributed by atoms with Gasteiger partial charge in [-0.05, 0) is 42.4 Å². The first-order valence-electron chi connectivity index (χ1n) is 9.97. The molecule has 0 bridgehead atoms. The molecule has 0 radical (unpaired) electrons. The smallest absolute Gasteiger partial charge is 0.231 e. The Morgan fingerprint density at radius 3 is 2.74 bits per heavy atom. The summed E-state index contributed by atoms with van der Waals surface area (Å²) < 4.78 is 10.7. The highest BCUT2D eigenvalue weighted by atomic mass is 16.7. The van der Waals surface area contributed by atoms with E-state index in [9.17, 15) is 9.59 Å². The Balaban J connectivity index is 1.45. The number of fused-ring (bicyclic) bond motifs is 1. The quantitative estimate of drug-likeness (QED) is 0.797. The highest BCUT2D eigenvalue weighted by Crippen LogP contribution is 2.33. The summed E-state index contributed by atoms with van der Waals surface area (Å²) in [6.45, 7) is 6.50. The first-order chi connectivity index (χ1) is 13.0.